The van der Waals surface area contributed by atoms with E-state index in [2.05, 4.69) is 10.3 Å². The molecule has 2 heterocycles. The molecule has 0 radical (unpaired) electrons. The summed E-state index contributed by atoms with van der Waals surface area (Å²) in [4.78, 5) is 28.6. The summed E-state index contributed by atoms with van der Waals surface area (Å²) in [5, 5.41) is 3.82. The maximum atomic E-state index is 12.4. The highest BCUT2D eigenvalue weighted by atomic mass is 32.1. The minimum absolute atomic E-state index is 0.0735. The van der Waals surface area contributed by atoms with Crippen LogP contribution in [0.15, 0.2) is 28.7 Å². The van der Waals surface area contributed by atoms with Gasteiger partial charge in [-0.05, 0) is 26.0 Å². The SMILES string of the molecule is CCOc1cccc2cc(C(=O)Nc3nc(C)c(C(C)=O)s3)oc12. The molecule has 0 aliphatic heterocycles. The Hall–Kier alpha value is -2.67. The molecule has 2 aromatic heterocycles. The summed E-state index contributed by atoms with van der Waals surface area (Å²) in [6.07, 6.45) is 0. The van der Waals surface area contributed by atoms with Gasteiger partial charge >= 0.3 is 0 Å². The molecule has 0 saturated heterocycles. The molecule has 0 spiro atoms. The zero-order valence-corrected chi connectivity index (χ0v) is 14.3. The van der Waals surface area contributed by atoms with Crippen LogP contribution in [0.2, 0.25) is 0 Å². The summed E-state index contributed by atoms with van der Waals surface area (Å²) < 4.78 is 11.1. The molecule has 7 heteroatoms. The average molecular weight is 344 g/mol. The van der Waals surface area contributed by atoms with Crippen LogP contribution in [0.3, 0.4) is 0 Å². The van der Waals surface area contributed by atoms with Gasteiger partial charge in [-0.1, -0.05) is 23.5 Å². The summed E-state index contributed by atoms with van der Waals surface area (Å²) >= 11 is 1.15. The minimum Gasteiger partial charge on any atom is -0.490 e. The van der Waals surface area contributed by atoms with E-state index in [0.29, 0.717) is 33.6 Å². The highest BCUT2D eigenvalue weighted by Gasteiger charge is 2.18. The van der Waals surface area contributed by atoms with Crippen LogP contribution in [0, 0.1) is 6.92 Å². The number of hydrogen-bond donors (Lipinski definition) is 1. The van der Waals surface area contributed by atoms with Gasteiger partial charge in [-0.3, -0.25) is 14.9 Å². The standard InChI is InChI=1S/C17H16N2O4S/c1-4-22-12-7-5-6-11-8-13(23-14(11)12)16(21)19-17-18-9(2)15(24-17)10(3)20/h5-8H,4H2,1-3H3,(H,18,19,21). The number of ketones is 1. The van der Waals surface area contributed by atoms with Crippen LogP contribution in [0.4, 0.5) is 5.13 Å². The molecule has 1 N–H and O–H groups in total. The van der Waals surface area contributed by atoms with Crippen molar-refractivity contribution in [3.63, 3.8) is 0 Å². The van der Waals surface area contributed by atoms with Crippen molar-refractivity contribution in [3.05, 3.63) is 40.6 Å². The third-order valence-corrected chi connectivity index (χ3v) is 4.54. The average Bonchev–Trinajstić information content (AvgIpc) is 3.12. The quantitative estimate of drug-likeness (QED) is 0.706. The molecule has 3 aromatic rings. The van der Waals surface area contributed by atoms with Crippen molar-refractivity contribution in [2.75, 3.05) is 11.9 Å². The third-order valence-electron chi connectivity index (χ3n) is 3.37. The number of amides is 1. The first-order valence-electron chi connectivity index (χ1n) is 7.44. The van der Waals surface area contributed by atoms with Crippen LogP contribution in [-0.4, -0.2) is 23.3 Å². The molecule has 24 heavy (non-hydrogen) atoms. The van der Waals surface area contributed by atoms with Gasteiger partial charge in [-0.25, -0.2) is 4.98 Å². The Morgan fingerprint density at radius 1 is 1.38 bits per heavy atom. The number of rotatable bonds is 5. The van der Waals surface area contributed by atoms with E-state index in [4.69, 9.17) is 9.15 Å². The number of ether oxygens (including phenoxy) is 1. The molecule has 0 aliphatic rings. The second-order valence-corrected chi connectivity index (χ2v) is 6.16. The number of benzene rings is 1. The predicted molar refractivity (Wildman–Crippen MR) is 92.2 cm³/mol. The Kier molecular flexibility index (Phi) is 4.35. The number of nitrogens with one attached hydrogen (secondary N) is 1. The molecular weight excluding hydrogens is 328 g/mol. The first-order valence-corrected chi connectivity index (χ1v) is 8.26. The maximum absolute atomic E-state index is 12.4. The Labute approximate surface area is 142 Å². The molecule has 0 atom stereocenters. The molecule has 0 saturated carbocycles. The van der Waals surface area contributed by atoms with Gasteiger partial charge in [-0.15, -0.1) is 0 Å². The van der Waals surface area contributed by atoms with E-state index >= 15 is 0 Å². The highest BCUT2D eigenvalue weighted by molar-refractivity contribution is 7.17. The number of anilines is 1. The van der Waals surface area contributed by atoms with E-state index in [1.165, 1.54) is 6.92 Å². The highest BCUT2D eigenvalue weighted by Crippen LogP contribution is 2.30. The largest absolute Gasteiger partial charge is 0.490 e. The molecular formula is C17H16N2O4S. The lowest BCUT2D eigenvalue weighted by Gasteiger charge is -2.02. The van der Waals surface area contributed by atoms with Crippen molar-refractivity contribution in [1.29, 1.82) is 0 Å². The van der Waals surface area contributed by atoms with E-state index in [1.54, 1.807) is 19.1 Å². The van der Waals surface area contributed by atoms with Crippen LogP contribution < -0.4 is 10.1 Å². The van der Waals surface area contributed by atoms with Crippen molar-refractivity contribution in [2.45, 2.75) is 20.8 Å². The lowest BCUT2D eigenvalue weighted by Crippen LogP contribution is -2.10. The zero-order chi connectivity index (χ0) is 17.3. The summed E-state index contributed by atoms with van der Waals surface area (Å²) in [7, 11) is 0. The smallest absolute Gasteiger partial charge is 0.293 e. The molecule has 1 amide bonds. The predicted octanol–water partition coefficient (Wildman–Crippen LogP) is 4.05. The molecule has 3 rings (SSSR count). The molecule has 6 nitrogen and oxygen atoms in total. The monoisotopic (exact) mass is 344 g/mol. The fourth-order valence-corrected chi connectivity index (χ4v) is 3.21. The number of carbonyl (C=O) groups is 2. The van der Waals surface area contributed by atoms with Crippen LogP contribution in [0.25, 0.3) is 11.0 Å². The molecule has 0 fully saturated rings. The Morgan fingerprint density at radius 3 is 2.83 bits per heavy atom. The fourth-order valence-electron chi connectivity index (χ4n) is 2.35. The molecule has 0 unspecified atom stereocenters. The minimum atomic E-state index is -0.419. The van der Waals surface area contributed by atoms with Gasteiger partial charge in [-0.2, -0.15) is 0 Å². The van der Waals surface area contributed by atoms with Crippen LogP contribution in [0.5, 0.6) is 5.75 Å². The summed E-state index contributed by atoms with van der Waals surface area (Å²) in [5.41, 5.74) is 1.13. The second-order valence-electron chi connectivity index (χ2n) is 5.16. The van der Waals surface area contributed by atoms with Gasteiger partial charge in [0.05, 0.1) is 17.2 Å². The topological polar surface area (TPSA) is 81.4 Å². The van der Waals surface area contributed by atoms with Gasteiger partial charge in [0.25, 0.3) is 5.91 Å². The Balaban J connectivity index is 1.87. The van der Waals surface area contributed by atoms with Gasteiger partial charge in [0.2, 0.25) is 0 Å². The van der Waals surface area contributed by atoms with Gasteiger partial charge in [0.1, 0.15) is 0 Å². The van der Waals surface area contributed by atoms with E-state index in [1.807, 2.05) is 19.1 Å². The normalized spacial score (nSPS) is 10.8. The first-order chi connectivity index (χ1) is 11.5. The fraction of sp³-hybridized carbons (Fsp3) is 0.235. The van der Waals surface area contributed by atoms with E-state index in [-0.39, 0.29) is 11.5 Å². The van der Waals surface area contributed by atoms with Crippen molar-refractivity contribution < 1.29 is 18.7 Å². The number of thiazole rings is 1. The van der Waals surface area contributed by atoms with E-state index in [9.17, 15) is 9.59 Å². The Morgan fingerprint density at radius 2 is 2.17 bits per heavy atom. The lowest BCUT2D eigenvalue weighted by molar-refractivity contribution is 0.0995. The van der Waals surface area contributed by atoms with Crippen molar-refractivity contribution in [3.8, 4) is 5.75 Å². The van der Waals surface area contributed by atoms with Crippen LogP contribution in [-0.2, 0) is 0 Å². The second kappa shape index (κ2) is 6.45. The number of aryl methyl sites for hydroxylation is 1. The van der Waals surface area contributed by atoms with Gasteiger partial charge in [0.15, 0.2) is 28.0 Å². The van der Waals surface area contributed by atoms with Crippen molar-refractivity contribution in [2.24, 2.45) is 0 Å². The summed E-state index contributed by atoms with van der Waals surface area (Å²) in [5.74, 6) is 0.264. The number of aromatic nitrogens is 1. The molecule has 124 valence electrons. The van der Waals surface area contributed by atoms with Crippen LogP contribution in [0.1, 0.15) is 39.8 Å². The number of nitrogens with zero attached hydrogens (tertiary/aromatic N) is 1. The number of para-hydroxylation sites is 1. The maximum Gasteiger partial charge on any atom is 0.293 e. The van der Waals surface area contributed by atoms with Gasteiger partial charge < -0.3 is 9.15 Å². The molecule has 0 bridgehead atoms. The van der Waals surface area contributed by atoms with Crippen LogP contribution >= 0.6 is 11.3 Å². The number of fused-ring (bicyclic) bond motifs is 1. The number of Topliss-reactive ketones (excluding diaryl/α,β-unsaturated/α-hetero) is 1. The number of carbonyl (C=O) groups excluding carboxylic acids is 2. The Bertz CT molecular complexity index is 926. The number of hydrogen-bond acceptors (Lipinski definition) is 6. The van der Waals surface area contributed by atoms with Gasteiger partial charge in [0, 0.05) is 12.3 Å². The number of furan rings is 1. The third kappa shape index (κ3) is 3.03. The van der Waals surface area contributed by atoms with Crippen molar-refractivity contribution >= 4 is 39.1 Å². The summed E-state index contributed by atoms with van der Waals surface area (Å²) in [6.45, 7) is 5.60. The van der Waals surface area contributed by atoms with E-state index in [0.717, 1.165) is 16.7 Å². The lowest BCUT2D eigenvalue weighted by atomic mass is 10.2. The van der Waals surface area contributed by atoms with Crippen molar-refractivity contribution in [1.82, 2.24) is 4.98 Å². The summed E-state index contributed by atoms with van der Waals surface area (Å²) in [6, 6.07) is 7.13. The first kappa shape index (κ1) is 16.2. The van der Waals surface area contributed by atoms with E-state index < -0.39 is 5.91 Å². The zero-order valence-electron chi connectivity index (χ0n) is 13.5. The molecule has 1 aromatic carbocycles. The molecule has 0 aliphatic carbocycles.